The van der Waals surface area contributed by atoms with Crippen molar-refractivity contribution in [3.05, 3.63) is 36.2 Å². The van der Waals surface area contributed by atoms with Gasteiger partial charge in [-0.3, -0.25) is 4.98 Å². The minimum absolute atomic E-state index is 0.407. The topological polar surface area (TPSA) is 86.0 Å². The molecule has 0 radical (unpaired) electrons. The lowest BCUT2D eigenvalue weighted by Gasteiger charge is -2.17. The molecule has 0 bridgehead atoms. The first kappa shape index (κ1) is 12.2. The van der Waals surface area contributed by atoms with E-state index in [2.05, 4.69) is 15.0 Å². The summed E-state index contributed by atoms with van der Waals surface area (Å²) in [5, 5.41) is 0. The fourth-order valence-corrected chi connectivity index (χ4v) is 2.42. The molecule has 0 atom stereocenters. The number of hydrogen-bond donors (Lipinski definition) is 2. The van der Waals surface area contributed by atoms with Crippen LogP contribution in [0.25, 0.3) is 22.4 Å². The van der Waals surface area contributed by atoms with Crippen molar-refractivity contribution in [2.75, 3.05) is 13.2 Å². The van der Waals surface area contributed by atoms with Gasteiger partial charge in [0, 0.05) is 30.4 Å². The Kier molecular flexibility index (Phi) is 2.75. The fraction of sp³-hybridized carbons (Fsp3) is 0.200. The summed E-state index contributed by atoms with van der Waals surface area (Å²) < 4.78 is 11.2. The largest absolute Gasteiger partial charge is 0.486 e. The molecule has 6 nitrogen and oxygen atoms in total. The Morgan fingerprint density at radius 3 is 2.76 bits per heavy atom. The first-order chi connectivity index (χ1) is 10.3. The highest BCUT2D eigenvalue weighted by molar-refractivity contribution is 5.83. The Morgan fingerprint density at radius 1 is 1.14 bits per heavy atom. The van der Waals surface area contributed by atoms with Gasteiger partial charge in [0.25, 0.3) is 0 Å². The third-order valence-corrected chi connectivity index (χ3v) is 3.44. The van der Waals surface area contributed by atoms with Crippen LogP contribution in [0.2, 0.25) is 0 Å². The molecule has 0 saturated carbocycles. The van der Waals surface area contributed by atoms with Gasteiger partial charge in [-0.05, 0) is 12.1 Å². The van der Waals surface area contributed by atoms with Crippen LogP contribution in [0.4, 0.5) is 0 Å². The van der Waals surface area contributed by atoms with Crippen LogP contribution < -0.4 is 15.2 Å². The molecule has 4 rings (SSSR count). The van der Waals surface area contributed by atoms with Crippen molar-refractivity contribution in [2.24, 2.45) is 5.73 Å². The molecule has 0 spiro atoms. The number of H-pyrrole nitrogens is 1. The van der Waals surface area contributed by atoms with Crippen molar-refractivity contribution in [1.82, 2.24) is 15.0 Å². The highest BCUT2D eigenvalue weighted by Gasteiger charge is 2.15. The molecule has 106 valence electrons. The molecule has 1 aromatic carbocycles. The van der Waals surface area contributed by atoms with E-state index in [0.717, 1.165) is 39.6 Å². The first-order valence-corrected chi connectivity index (χ1v) is 6.78. The van der Waals surface area contributed by atoms with Gasteiger partial charge < -0.3 is 20.2 Å². The van der Waals surface area contributed by atoms with Crippen molar-refractivity contribution in [2.45, 2.75) is 6.54 Å². The van der Waals surface area contributed by atoms with Gasteiger partial charge in [-0.15, -0.1) is 0 Å². The number of ether oxygens (including phenoxy) is 2. The SMILES string of the molecule is NCc1cc(-c2nc3cc4c(cc3[nH]2)OCCO4)ccn1. The Bertz CT molecular complexity index is 770. The number of aromatic amines is 1. The molecule has 0 fully saturated rings. The third-order valence-electron chi connectivity index (χ3n) is 3.44. The zero-order chi connectivity index (χ0) is 14.2. The maximum Gasteiger partial charge on any atom is 0.163 e. The van der Waals surface area contributed by atoms with Gasteiger partial charge in [-0.2, -0.15) is 0 Å². The van der Waals surface area contributed by atoms with Gasteiger partial charge in [0.15, 0.2) is 11.5 Å². The van der Waals surface area contributed by atoms with Gasteiger partial charge >= 0.3 is 0 Å². The second kappa shape index (κ2) is 4.75. The van der Waals surface area contributed by atoms with E-state index in [-0.39, 0.29) is 0 Å². The molecule has 0 amide bonds. The highest BCUT2D eigenvalue weighted by Crippen LogP contribution is 2.34. The summed E-state index contributed by atoms with van der Waals surface area (Å²) in [4.78, 5) is 12.1. The van der Waals surface area contributed by atoms with Crippen molar-refractivity contribution >= 4 is 11.0 Å². The van der Waals surface area contributed by atoms with Crippen LogP contribution in [0.3, 0.4) is 0 Å². The van der Waals surface area contributed by atoms with E-state index in [1.807, 2.05) is 24.3 Å². The Labute approximate surface area is 120 Å². The number of nitrogens with two attached hydrogens (primary N) is 1. The normalized spacial score (nSPS) is 13.6. The average molecular weight is 282 g/mol. The molecule has 21 heavy (non-hydrogen) atoms. The summed E-state index contributed by atoms with van der Waals surface area (Å²) in [6.07, 6.45) is 1.74. The van der Waals surface area contributed by atoms with E-state index >= 15 is 0 Å². The minimum atomic E-state index is 0.407. The van der Waals surface area contributed by atoms with Crippen LogP contribution in [0.1, 0.15) is 5.69 Å². The summed E-state index contributed by atoms with van der Waals surface area (Å²) in [5.41, 5.74) is 9.19. The van der Waals surface area contributed by atoms with Gasteiger partial charge in [0.05, 0.1) is 16.7 Å². The van der Waals surface area contributed by atoms with Crippen molar-refractivity contribution in [1.29, 1.82) is 0 Å². The van der Waals surface area contributed by atoms with Crippen LogP contribution in [0, 0.1) is 0 Å². The second-order valence-electron chi connectivity index (χ2n) is 4.84. The number of fused-ring (bicyclic) bond motifs is 2. The van der Waals surface area contributed by atoms with Gasteiger partial charge in [0.1, 0.15) is 19.0 Å². The Morgan fingerprint density at radius 2 is 1.95 bits per heavy atom. The average Bonchev–Trinajstić information content (AvgIpc) is 2.95. The van der Waals surface area contributed by atoms with Gasteiger partial charge in [-0.1, -0.05) is 0 Å². The molecule has 6 heteroatoms. The van der Waals surface area contributed by atoms with Crippen LogP contribution >= 0.6 is 0 Å². The number of pyridine rings is 1. The van der Waals surface area contributed by atoms with E-state index in [1.165, 1.54) is 0 Å². The number of nitrogens with one attached hydrogen (secondary N) is 1. The molecule has 1 aliphatic heterocycles. The van der Waals surface area contributed by atoms with E-state index in [4.69, 9.17) is 15.2 Å². The fourth-order valence-electron chi connectivity index (χ4n) is 2.42. The minimum Gasteiger partial charge on any atom is -0.486 e. The smallest absolute Gasteiger partial charge is 0.163 e. The van der Waals surface area contributed by atoms with E-state index in [1.54, 1.807) is 6.20 Å². The van der Waals surface area contributed by atoms with Crippen LogP contribution in [-0.4, -0.2) is 28.2 Å². The first-order valence-electron chi connectivity index (χ1n) is 6.78. The maximum absolute atomic E-state index is 5.63. The molecule has 3 heterocycles. The lowest BCUT2D eigenvalue weighted by atomic mass is 10.2. The number of hydrogen-bond acceptors (Lipinski definition) is 5. The zero-order valence-electron chi connectivity index (χ0n) is 11.3. The highest BCUT2D eigenvalue weighted by atomic mass is 16.6. The monoisotopic (exact) mass is 282 g/mol. The summed E-state index contributed by atoms with van der Waals surface area (Å²) in [6.45, 7) is 1.55. The summed E-state index contributed by atoms with van der Waals surface area (Å²) in [6, 6.07) is 7.66. The summed E-state index contributed by atoms with van der Waals surface area (Å²) in [7, 11) is 0. The van der Waals surface area contributed by atoms with Gasteiger partial charge in [0.2, 0.25) is 0 Å². The number of imidazole rings is 1. The second-order valence-corrected chi connectivity index (χ2v) is 4.84. The summed E-state index contributed by atoms with van der Waals surface area (Å²) >= 11 is 0. The molecular formula is C15H14N4O2. The molecule has 0 unspecified atom stereocenters. The molecule has 0 saturated heterocycles. The molecule has 3 N–H and O–H groups in total. The number of nitrogens with zero attached hydrogens (tertiary/aromatic N) is 2. The standard InChI is InChI=1S/C15H14N4O2/c16-8-10-5-9(1-2-17-10)15-18-11-6-13-14(7-12(11)19-15)21-4-3-20-13/h1-2,5-7H,3-4,8,16H2,(H,18,19). The van der Waals surface area contributed by atoms with E-state index in [9.17, 15) is 0 Å². The lowest BCUT2D eigenvalue weighted by Crippen LogP contribution is -2.15. The van der Waals surface area contributed by atoms with E-state index < -0.39 is 0 Å². The third kappa shape index (κ3) is 2.09. The molecule has 2 aromatic heterocycles. The molecule has 3 aromatic rings. The lowest BCUT2D eigenvalue weighted by molar-refractivity contribution is 0.172. The van der Waals surface area contributed by atoms with Crippen LogP contribution in [0.15, 0.2) is 30.5 Å². The Hall–Kier alpha value is -2.60. The van der Waals surface area contributed by atoms with Crippen molar-refractivity contribution in [3.8, 4) is 22.9 Å². The number of benzene rings is 1. The molecular weight excluding hydrogens is 268 g/mol. The van der Waals surface area contributed by atoms with Crippen LogP contribution in [-0.2, 0) is 6.54 Å². The van der Waals surface area contributed by atoms with E-state index in [0.29, 0.717) is 19.8 Å². The molecule has 1 aliphatic rings. The predicted molar refractivity (Wildman–Crippen MR) is 78.2 cm³/mol. The predicted octanol–water partition coefficient (Wildman–Crippen LogP) is 1.85. The molecule has 0 aliphatic carbocycles. The zero-order valence-corrected chi connectivity index (χ0v) is 11.3. The van der Waals surface area contributed by atoms with Crippen molar-refractivity contribution < 1.29 is 9.47 Å². The van der Waals surface area contributed by atoms with Gasteiger partial charge in [-0.25, -0.2) is 4.98 Å². The number of aromatic nitrogens is 3. The summed E-state index contributed by atoms with van der Waals surface area (Å²) in [5.74, 6) is 2.27. The quantitative estimate of drug-likeness (QED) is 0.749. The Balaban J connectivity index is 1.82. The number of rotatable bonds is 2. The van der Waals surface area contributed by atoms with Crippen molar-refractivity contribution in [3.63, 3.8) is 0 Å². The maximum atomic E-state index is 5.63. The van der Waals surface area contributed by atoms with Crippen LogP contribution in [0.5, 0.6) is 11.5 Å².